The standard InChI is InChI=1S/C22H12F4O8/c1-9(23)19(27)31-13-5-15-16(17(7-13)33-21(29)11(3)25)6-14(32-20(28)10(2)24)8-18(15)34-22(30)12(4)26/h5-8H,1-4H2. The molecule has 0 unspecified atom stereocenters. The van der Waals surface area contributed by atoms with Crippen LogP contribution in [0.2, 0.25) is 0 Å². The summed E-state index contributed by atoms with van der Waals surface area (Å²) in [6.45, 7) is 11.0. The van der Waals surface area contributed by atoms with E-state index in [0.717, 1.165) is 24.3 Å². The van der Waals surface area contributed by atoms with E-state index < -0.39 is 70.2 Å². The highest BCUT2D eigenvalue weighted by Gasteiger charge is 2.22. The number of carbonyl (C=O) groups excluding carboxylic acids is 4. The lowest BCUT2D eigenvalue weighted by Crippen LogP contribution is -2.12. The van der Waals surface area contributed by atoms with Crippen LogP contribution in [-0.2, 0) is 19.2 Å². The van der Waals surface area contributed by atoms with E-state index >= 15 is 0 Å². The van der Waals surface area contributed by atoms with E-state index in [9.17, 15) is 36.7 Å². The van der Waals surface area contributed by atoms with E-state index in [0.29, 0.717) is 0 Å². The summed E-state index contributed by atoms with van der Waals surface area (Å²) in [5, 5.41) is -0.564. The summed E-state index contributed by atoms with van der Waals surface area (Å²) in [5.74, 6) is -14.7. The lowest BCUT2D eigenvalue weighted by Gasteiger charge is -2.15. The van der Waals surface area contributed by atoms with Gasteiger partial charge in [-0.15, -0.1) is 0 Å². The molecule has 2 rings (SSSR count). The highest BCUT2D eigenvalue weighted by atomic mass is 19.1. The molecule has 0 aliphatic heterocycles. The molecule has 0 fully saturated rings. The first-order valence-electron chi connectivity index (χ1n) is 8.68. The van der Waals surface area contributed by atoms with Crippen molar-refractivity contribution in [2.75, 3.05) is 0 Å². The predicted octanol–water partition coefficient (Wildman–Crippen LogP) is 4.39. The van der Waals surface area contributed by atoms with E-state index in [4.69, 9.17) is 18.9 Å². The SMILES string of the molecule is C=C(F)C(=O)Oc1cc(OC(=O)C(=C)F)c2cc(OC(=O)C(=C)F)cc(OC(=O)C(=C)F)c2c1. The topological polar surface area (TPSA) is 105 Å². The second-order valence-corrected chi connectivity index (χ2v) is 6.12. The van der Waals surface area contributed by atoms with Gasteiger partial charge in [-0.05, 0) is 12.1 Å². The minimum absolute atomic E-state index is 0.282. The van der Waals surface area contributed by atoms with Crippen molar-refractivity contribution < 1.29 is 55.7 Å². The van der Waals surface area contributed by atoms with E-state index in [1.165, 1.54) is 0 Å². The number of fused-ring (bicyclic) bond motifs is 1. The monoisotopic (exact) mass is 480 g/mol. The Balaban J connectivity index is 2.82. The number of benzene rings is 2. The molecule has 0 aliphatic rings. The van der Waals surface area contributed by atoms with Gasteiger partial charge in [0.15, 0.2) is 0 Å². The fourth-order valence-electron chi connectivity index (χ4n) is 2.27. The minimum atomic E-state index is -1.62. The Morgan fingerprint density at radius 3 is 1.03 bits per heavy atom. The maximum atomic E-state index is 13.2. The highest BCUT2D eigenvalue weighted by Crippen LogP contribution is 2.40. The van der Waals surface area contributed by atoms with Crippen molar-refractivity contribution in [1.29, 1.82) is 0 Å². The van der Waals surface area contributed by atoms with Crippen LogP contribution in [0, 0.1) is 0 Å². The largest absolute Gasteiger partial charge is 0.421 e. The van der Waals surface area contributed by atoms with Crippen molar-refractivity contribution >= 4 is 34.6 Å². The smallest absolute Gasteiger partial charge is 0.371 e. The normalized spacial score (nSPS) is 10.1. The van der Waals surface area contributed by atoms with Crippen molar-refractivity contribution in [3.8, 4) is 23.0 Å². The first kappa shape index (κ1) is 25.5. The summed E-state index contributed by atoms with van der Waals surface area (Å²) >= 11 is 0. The molecule has 0 saturated carbocycles. The van der Waals surface area contributed by atoms with Gasteiger partial charge in [0.1, 0.15) is 23.0 Å². The van der Waals surface area contributed by atoms with Crippen molar-refractivity contribution in [2.45, 2.75) is 0 Å². The van der Waals surface area contributed by atoms with Crippen molar-refractivity contribution in [3.05, 3.63) is 73.9 Å². The molecule has 0 aliphatic carbocycles. The van der Waals surface area contributed by atoms with Crippen LogP contribution in [0.5, 0.6) is 23.0 Å². The van der Waals surface area contributed by atoms with Gasteiger partial charge < -0.3 is 18.9 Å². The van der Waals surface area contributed by atoms with Gasteiger partial charge in [-0.2, -0.15) is 17.6 Å². The van der Waals surface area contributed by atoms with E-state index in [1.54, 1.807) is 0 Å². The second-order valence-electron chi connectivity index (χ2n) is 6.12. The third-order valence-corrected chi connectivity index (χ3v) is 3.65. The van der Waals surface area contributed by atoms with Gasteiger partial charge in [0.05, 0.1) is 0 Å². The molecule has 0 aromatic heterocycles. The number of esters is 4. The lowest BCUT2D eigenvalue weighted by molar-refractivity contribution is -0.133. The summed E-state index contributed by atoms with van der Waals surface area (Å²) < 4.78 is 71.6. The van der Waals surface area contributed by atoms with Crippen LogP contribution in [0.4, 0.5) is 17.6 Å². The molecule has 0 N–H and O–H groups in total. The summed E-state index contributed by atoms with van der Waals surface area (Å²) in [6, 6.07) is 3.51. The van der Waals surface area contributed by atoms with E-state index in [1.807, 2.05) is 0 Å². The average molecular weight is 480 g/mol. The Labute approximate surface area is 187 Å². The van der Waals surface area contributed by atoms with Gasteiger partial charge in [0.25, 0.3) is 0 Å². The molecule has 176 valence electrons. The molecule has 0 atom stereocenters. The number of rotatable bonds is 8. The van der Waals surface area contributed by atoms with Gasteiger partial charge in [-0.1, -0.05) is 26.3 Å². The molecule has 0 radical (unpaired) electrons. The molecule has 0 saturated heterocycles. The van der Waals surface area contributed by atoms with Crippen LogP contribution in [0.15, 0.2) is 73.9 Å². The average Bonchev–Trinajstić information content (AvgIpc) is 2.73. The van der Waals surface area contributed by atoms with Crippen molar-refractivity contribution in [1.82, 2.24) is 0 Å². The summed E-state index contributed by atoms with van der Waals surface area (Å²) in [6.07, 6.45) is 0. The second kappa shape index (κ2) is 10.3. The van der Waals surface area contributed by atoms with Crippen molar-refractivity contribution in [3.63, 3.8) is 0 Å². The van der Waals surface area contributed by atoms with Gasteiger partial charge in [0, 0.05) is 22.9 Å². The minimum Gasteiger partial charge on any atom is -0.421 e. The number of ether oxygens (including phenoxy) is 4. The molecule has 0 amide bonds. The third-order valence-electron chi connectivity index (χ3n) is 3.65. The number of carbonyl (C=O) groups is 4. The molecular weight excluding hydrogens is 468 g/mol. The van der Waals surface area contributed by atoms with Crippen LogP contribution in [0.1, 0.15) is 0 Å². The quantitative estimate of drug-likeness (QED) is 0.237. The third kappa shape index (κ3) is 6.16. The zero-order chi connectivity index (χ0) is 25.7. The Morgan fingerprint density at radius 1 is 0.500 bits per heavy atom. The number of halogens is 4. The predicted molar refractivity (Wildman–Crippen MR) is 107 cm³/mol. The van der Waals surface area contributed by atoms with Gasteiger partial charge >= 0.3 is 23.9 Å². The number of hydrogen-bond donors (Lipinski definition) is 0. The lowest BCUT2D eigenvalue weighted by atomic mass is 10.1. The molecule has 0 bridgehead atoms. The Hall–Kier alpha value is -4.74. The highest BCUT2D eigenvalue weighted by molar-refractivity contribution is 6.01. The van der Waals surface area contributed by atoms with Crippen molar-refractivity contribution in [2.24, 2.45) is 0 Å². The molecular formula is C22H12F4O8. The first-order chi connectivity index (χ1) is 15.8. The van der Waals surface area contributed by atoms with E-state index in [-0.39, 0.29) is 10.8 Å². The Morgan fingerprint density at radius 2 is 0.765 bits per heavy atom. The Kier molecular flexibility index (Phi) is 7.69. The van der Waals surface area contributed by atoms with Gasteiger partial charge in [-0.3, -0.25) is 0 Å². The molecule has 2 aromatic carbocycles. The zero-order valence-electron chi connectivity index (χ0n) is 16.9. The maximum Gasteiger partial charge on any atom is 0.371 e. The van der Waals surface area contributed by atoms with Gasteiger partial charge in [-0.25, -0.2) is 19.2 Å². The molecule has 0 heterocycles. The molecule has 2 aromatic rings. The fraction of sp³-hybridized carbons (Fsp3) is 0. The molecule has 34 heavy (non-hydrogen) atoms. The maximum absolute atomic E-state index is 13.2. The van der Waals surface area contributed by atoms with Crippen LogP contribution in [0.3, 0.4) is 0 Å². The van der Waals surface area contributed by atoms with Crippen LogP contribution < -0.4 is 18.9 Å². The van der Waals surface area contributed by atoms with Gasteiger partial charge in [0.2, 0.25) is 23.3 Å². The molecule has 12 heteroatoms. The first-order valence-corrected chi connectivity index (χ1v) is 8.68. The summed E-state index contributed by atoms with van der Waals surface area (Å²) in [5.41, 5.74) is 0. The fourth-order valence-corrected chi connectivity index (χ4v) is 2.27. The van der Waals surface area contributed by atoms with E-state index in [2.05, 4.69) is 26.3 Å². The summed E-state index contributed by atoms with van der Waals surface area (Å²) in [4.78, 5) is 46.6. The van der Waals surface area contributed by atoms with Crippen LogP contribution in [0.25, 0.3) is 10.8 Å². The number of hydrogen-bond acceptors (Lipinski definition) is 8. The zero-order valence-corrected chi connectivity index (χ0v) is 16.9. The van der Waals surface area contributed by atoms with Crippen LogP contribution in [-0.4, -0.2) is 23.9 Å². The molecule has 0 spiro atoms. The summed E-state index contributed by atoms with van der Waals surface area (Å²) in [7, 11) is 0. The Bertz CT molecular complexity index is 1200. The van der Waals surface area contributed by atoms with Crippen LogP contribution >= 0.6 is 0 Å². The molecule has 8 nitrogen and oxygen atoms in total.